The van der Waals surface area contributed by atoms with Gasteiger partial charge in [0, 0.05) is 18.7 Å². The van der Waals surface area contributed by atoms with Crippen LogP contribution in [0.2, 0.25) is 0 Å². The lowest BCUT2D eigenvalue weighted by Gasteiger charge is -2.26. The number of amides is 3. The van der Waals surface area contributed by atoms with Gasteiger partial charge in [0.1, 0.15) is 5.82 Å². The molecule has 142 valence electrons. The minimum absolute atomic E-state index is 0.0492. The van der Waals surface area contributed by atoms with Gasteiger partial charge < -0.3 is 16.0 Å². The van der Waals surface area contributed by atoms with Crippen molar-refractivity contribution >= 4 is 11.9 Å². The van der Waals surface area contributed by atoms with Crippen LogP contribution in [0.4, 0.5) is 9.18 Å². The molecule has 0 fully saturated rings. The van der Waals surface area contributed by atoms with Crippen molar-refractivity contribution in [3.05, 3.63) is 71.0 Å². The highest BCUT2D eigenvalue weighted by atomic mass is 19.1. The highest BCUT2D eigenvalue weighted by molar-refractivity contribution is 5.94. The minimum atomic E-state index is -0.373. The molecule has 3 N–H and O–H groups in total. The van der Waals surface area contributed by atoms with Crippen LogP contribution in [-0.4, -0.2) is 25.0 Å². The van der Waals surface area contributed by atoms with Crippen LogP contribution in [0.1, 0.15) is 46.8 Å². The van der Waals surface area contributed by atoms with E-state index >= 15 is 0 Å². The summed E-state index contributed by atoms with van der Waals surface area (Å²) in [7, 11) is 0. The summed E-state index contributed by atoms with van der Waals surface area (Å²) in [6.45, 7) is 0.895. The second-order valence-electron chi connectivity index (χ2n) is 6.66. The average molecular weight is 369 g/mol. The number of aryl methyl sites for hydroxylation is 1. The highest BCUT2D eigenvalue weighted by Gasteiger charge is 2.20. The number of hydrogen-bond donors (Lipinski definition) is 3. The van der Waals surface area contributed by atoms with Gasteiger partial charge in [0.15, 0.2) is 0 Å². The molecular weight excluding hydrogens is 345 g/mol. The number of urea groups is 1. The third kappa shape index (κ3) is 5.29. The van der Waals surface area contributed by atoms with Crippen molar-refractivity contribution in [2.75, 3.05) is 13.1 Å². The number of hydrogen-bond acceptors (Lipinski definition) is 2. The predicted octanol–water partition coefficient (Wildman–Crippen LogP) is 3.32. The summed E-state index contributed by atoms with van der Waals surface area (Å²) in [5, 5.41) is 8.62. The Morgan fingerprint density at radius 1 is 1.00 bits per heavy atom. The SMILES string of the molecule is O=C(NCCCNC(=O)c1ccc(F)cc1)NC1CCCc2ccccc21. The smallest absolute Gasteiger partial charge is 0.315 e. The number of fused-ring (bicyclic) bond motifs is 1. The maximum Gasteiger partial charge on any atom is 0.315 e. The average Bonchev–Trinajstić information content (AvgIpc) is 2.68. The van der Waals surface area contributed by atoms with E-state index in [1.54, 1.807) is 0 Å². The van der Waals surface area contributed by atoms with E-state index in [0.29, 0.717) is 25.1 Å². The topological polar surface area (TPSA) is 70.2 Å². The molecule has 27 heavy (non-hydrogen) atoms. The van der Waals surface area contributed by atoms with Crippen molar-refractivity contribution in [2.24, 2.45) is 0 Å². The Labute approximate surface area is 158 Å². The van der Waals surface area contributed by atoms with Crippen LogP contribution in [0.5, 0.6) is 0 Å². The van der Waals surface area contributed by atoms with Gasteiger partial charge in [-0.3, -0.25) is 4.79 Å². The first-order valence-electron chi connectivity index (χ1n) is 9.29. The molecule has 0 heterocycles. The Morgan fingerprint density at radius 3 is 2.56 bits per heavy atom. The van der Waals surface area contributed by atoms with Gasteiger partial charge in [-0.05, 0) is 61.1 Å². The van der Waals surface area contributed by atoms with Crippen molar-refractivity contribution in [2.45, 2.75) is 31.7 Å². The Bertz CT molecular complexity index is 792. The van der Waals surface area contributed by atoms with E-state index in [2.05, 4.69) is 28.1 Å². The van der Waals surface area contributed by atoms with E-state index in [4.69, 9.17) is 0 Å². The zero-order chi connectivity index (χ0) is 19.1. The third-order valence-corrected chi connectivity index (χ3v) is 4.71. The molecule has 1 aliphatic rings. The van der Waals surface area contributed by atoms with Crippen molar-refractivity contribution < 1.29 is 14.0 Å². The molecule has 5 nitrogen and oxygen atoms in total. The third-order valence-electron chi connectivity index (χ3n) is 4.71. The molecule has 0 aromatic heterocycles. The van der Waals surface area contributed by atoms with E-state index in [1.807, 2.05) is 12.1 Å². The first-order chi connectivity index (χ1) is 13.1. The highest BCUT2D eigenvalue weighted by Crippen LogP contribution is 2.29. The number of halogens is 1. The normalized spacial score (nSPS) is 15.5. The van der Waals surface area contributed by atoms with E-state index in [9.17, 15) is 14.0 Å². The van der Waals surface area contributed by atoms with Crippen LogP contribution in [0.3, 0.4) is 0 Å². The summed E-state index contributed by atoms with van der Waals surface area (Å²) in [6, 6.07) is 13.5. The van der Waals surface area contributed by atoms with Crippen LogP contribution in [0.15, 0.2) is 48.5 Å². The fraction of sp³-hybridized carbons (Fsp3) is 0.333. The fourth-order valence-electron chi connectivity index (χ4n) is 3.31. The number of nitrogens with one attached hydrogen (secondary N) is 3. The van der Waals surface area contributed by atoms with Gasteiger partial charge in [-0.25, -0.2) is 9.18 Å². The lowest BCUT2D eigenvalue weighted by molar-refractivity contribution is 0.0953. The molecule has 1 aliphatic carbocycles. The van der Waals surface area contributed by atoms with Gasteiger partial charge in [-0.2, -0.15) is 0 Å². The fourth-order valence-corrected chi connectivity index (χ4v) is 3.31. The summed E-state index contributed by atoms with van der Waals surface area (Å²) in [6.07, 6.45) is 3.68. The molecule has 0 saturated heterocycles. The zero-order valence-corrected chi connectivity index (χ0v) is 15.1. The van der Waals surface area contributed by atoms with Crippen LogP contribution >= 0.6 is 0 Å². The molecule has 0 radical (unpaired) electrons. The lowest BCUT2D eigenvalue weighted by atomic mass is 9.88. The van der Waals surface area contributed by atoms with Crippen LogP contribution < -0.4 is 16.0 Å². The van der Waals surface area contributed by atoms with Crippen LogP contribution in [0.25, 0.3) is 0 Å². The van der Waals surface area contributed by atoms with Gasteiger partial charge in [-0.1, -0.05) is 24.3 Å². The summed E-state index contributed by atoms with van der Waals surface area (Å²) < 4.78 is 12.9. The molecule has 2 aromatic rings. The Morgan fingerprint density at radius 2 is 1.74 bits per heavy atom. The van der Waals surface area contributed by atoms with Crippen molar-refractivity contribution in [1.29, 1.82) is 0 Å². The molecule has 1 atom stereocenters. The molecule has 0 saturated carbocycles. The second-order valence-corrected chi connectivity index (χ2v) is 6.66. The van der Waals surface area contributed by atoms with E-state index in [0.717, 1.165) is 19.3 Å². The van der Waals surface area contributed by atoms with Gasteiger partial charge in [0.2, 0.25) is 0 Å². The van der Waals surface area contributed by atoms with Gasteiger partial charge >= 0.3 is 6.03 Å². The molecule has 3 rings (SSSR count). The van der Waals surface area contributed by atoms with Gasteiger partial charge in [0.05, 0.1) is 6.04 Å². The van der Waals surface area contributed by atoms with E-state index in [1.165, 1.54) is 35.4 Å². The van der Waals surface area contributed by atoms with E-state index < -0.39 is 0 Å². The van der Waals surface area contributed by atoms with Crippen molar-refractivity contribution in [1.82, 2.24) is 16.0 Å². The molecule has 0 spiro atoms. The summed E-state index contributed by atoms with van der Waals surface area (Å²) in [5.41, 5.74) is 2.92. The number of carbonyl (C=O) groups is 2. The first kappa shape index (κ1) is 18.9. The minimum Gasteiger partial charge on any atom is -0.352 e. The quantitative estimate of drug-likeness (QED) is 0.684. The molecule has 1 unspecified atom stereocenters. The monoisotopic (exact) mass is 369 g/mol. The first-order valence-corrected chi connectivity index (χ1v) is 9.29. The van der Waals surface area contributed by atoms with E-state index in [-0.39, 0.29) is 23.8 Å². The molecule has 3 amide bonds. The molecule has 0 bridgehead atoms. The molecular formula is C21H24FN3O2. The Balaban J connectivity index is 1.36. The lowest BCUT2D eigenvalue weighted by Crippen LogP contribution is -2.40. The Hall–Kier alpha value is -2.89. The van der Waals surface area contributed by atoms with Gasteiger partial charge in [0.25, 0.3) is 5.91 Å². The summed E-state index contributed by atoms with van der Waals surface area (Å²) in [5.74, 6) is -0.624. The maximum atomic E-state index is 12.9. The number of benzene rings is 2. The Kier molecular flexibility index (Phi) is 6.41. The number of rotatable bonds is 6. The molecule has 0 aliphatic heterocycles. The summed E-state index contributed by atoms with van der Waals surface area (Å²) in [4.78, 5) is 24.0. The zero-order valence-electron chi connectivity index (χ0n) is 15.1. The molecule has 2 aromatic carbocycles. The van der Waals surface area contributed by atoms with Crippen LogP contribution in [0, 0.1) is 5.82 Å². The van der Waals surface area contributed by atoms with Gasteiger partial charge in [-0.15, -0.1) is 0 Å². The second kappa shape index (κ2) is 9.16. The van der Waals surface area contributed by atoms with Crippen LogP contribution in [-0.2, 0) is 6.42 Å². The summed E-state index contributed by atoms with van der Waals surface area (Å²) >= 11 is 0. The number of carbonyl (C=O) groups excluding carboxylic acids is 2. The standard InChI is InChI=1S/C21H24FN3O2/c22-17-11-9-16(10-12-17)20(26)23-13-4-14-24-21(27)25-19-8-3-6-15-5-1-2-7-18(15)19/h1-2,5,7,9-12,19H,3-4,6,8,13-14H2,(H,23,26)(H2,24,25,27). The predicted molar refractivity (Wildman–Crippen MR) is 102 cm³/mol. The molecule has 6 heteroatoms. The van der Waals surface area contributed by atoms with Crippen molar-refractivity contribution in [3.8, 4) is 0 Å². The maximum absolute atomic E-state index is 12.9. The van der Waals surface area contributed by atoms with Crippen molar-refractivity contribution in [3.63, 3.8) is 0 Å². The largest absolute Gasteiger partial charge is 0.352 e.